The molecule has 1 heterocycles. The Hall–Kier alpha value is -2.57. The number of H-pyrrole nitrogens is 1. The molecule has 0 radical (unpaired) electrons. The topological polar surface area (TPSA) is 89.4 Å². The average molecular weight is 482 g/mol. The van der Waals surface area contributed by atoms with Crippen LogP contribution in [0.25, 0.3) is 33.9 Å². The van der Waals surface area contributed by atoms with Crippen LogP contribution in [0.4, 0.5) is 0 Å². The number of phenols is 3. The number of nitrogens with zero attached hydrogens (tertiary/aromatic N) is 1. The normalized spacial score (nSPS) is 11.1. The van der Waals surface area contributed by atoms with Crippen LogP contribution in [0.3, 0.4) is 0 Å². The molecule has 0 bridgehead atoms. The summed E-state index contributed by atoms with van der Waals surface area (Å²) in [6.07, 6.45) is 0. The summed E-state index contributed by atoms with van der Waals surface area (Å²) in [5, 5.41) is 30.1. The van der Waals surface area contributed by atoms with Gasteiger partial charge in [0, 0.05) is 11.1 Å². The summed E-state index contributed by atoms with van der Waals surface area (Å²) < 4.78 is 0. The molecule has 0 amide bonds. The Morgan fingerprint density at radius 3 is 1.67 bits per heavy atom. The van der Waals surface area contributed by atoms with Crippen molar-refractivity contribution in [2.75, 3.05) is 0 Å². The molecule has 0 aliphatic carbocycles. The van der Waals surface area contributed by atoms with Crippen molar-refractivity contribution in [1.82, 2.24) is 9.97 Å². The molecule has 0 atom stereocenters. The van der Waals surface area contributed by atoms with Crippen LogP contribution in [-0.4, -0.2) is 25.3 Å². The summed E-state index contributed by atoms with van der Waals surface area (Å²) in [6, 6.07) is 11.7. The summed E-state index contributed by atoms with van der Waals surface area (Å²) >= 11 is 25.3. The zero-order valence-corrected chi connectivity index (χ0v) is 17.9. The van der Waals surface area contributed by atoms with Gasteiger partial charge in [0.05, 0.1) is 37.0 Å². The molecule has 0 fully saturated rings. The maximum atomic E-state index is 9.72. The van der Waals surface area contributed by atoms with Crippen molar-refractivity contribution >= 4 is 46.4 Å². The number of benzene rings is 3. The van der Waals surface area contributed by atoms with Crippen molar-refractivity contribution in [1.29, 1.82) is 0 Å². The number of halogens is 4. The van der Waals surface area contributed by atoms with Gasteiger partial charge in [-0.2, -0.15) is 0 Å². The highest BCUT2D eigenvalue weighted by molar-refractivity contribution is 6.39. The van der Waals surface area contributed by atoms with E-state index in [9.17, 15) is 15.3 Å². The summed E-state index contributed by atoms with van der Waals surface area (Å²) in [6.45, 7) is 0. The summed E-state index contributed by atoms with van der Waals surface area (Å²) in [4.78, 5) is 7.81. The Morgan fingerprint density at radius 1 is 0.633 bits per heavy atom. The first-order valence-electron chi connectivity index (χ1n) is 8.50. The van der Waals surface area contributed by atoms with Gasteiger partial charge in [0.25, 0.3) is 0 Å². The highest BCUT2D eigenvalue weighted by Crippen LogP contribution is 2.43. The lowest BCUT2D eigenvalue weighted by molar-refractivity contribution is 0.475. The van der Waals surface area contributed by atoms with Crippen molar-refractivity contribution in [3.63, 3.8) is 0 Å². The van der Waals surface area contributed by atoms with E-state index in [1.54, 1.807) is 12.1 Å². The second kappa shape index (κ2) is 7.93. The van der Waals surface area contributed by atoms with Gasteiger partial charge < -0.3 is 20.3 Å². The van der Waals surface area contributed by atoms with Gasteiger partial charge in [-0.05, 0) is 48.5 Å². The maximum Gasteiger partial charge on any atom is 0.141 e. The number of nitrogens with one attached hydrogen (secondary N) is 1. The second-order valence-corrected chi connectivity index (χ2v) is 8.05. The van der Waals surface area contributed by atoms with E-state index in [2.05, 4.69) is 9.97 Å². The Kier molecular flexibility index (Phi) is 5.47. The third-order valence-corrected chi connectivity index (χ3v) is 5.62. The number of aromatic hydroxyl groups is 3. The zero-order chi connectivity index (χ0) is 21.6. The fraction of sp³-hybridized carbons (Fsp3) is 0. The van der Waals surface area contributed by atoms with E-state index in [0.29, 0.717) is 33.9 Å². The third-order valence-electron chi connectivity index (χ3n) is 4.40. The van der Waals surface area contributed by atoms with Crippen LogP contribution in [0.5, 0.6) is 17.2 Å². The maximum absolute atomic E-state index is 9.72. The van der Waals surface area contributed by atoms with Crippen molar-refractivity contribution in [3.8, 4) is 51.2 Å². The summed E-state index contributed by atoms with van der Waals surface area (Å²) in [7, 11) is 0. The van der Waals surface area contributed by atoms with Crippen molar-refractivity contribution in [3.05, 3.63) is 68.6 Å². The Bertz CT molecular complexity index is 1200. The van der Waals surface area contributed by atoms with Crippen molar-refractivity contribution in [2.24, 2.45) is 0 Å². The standard InChI is InChI=1S/C21H12Cl4N2O3/c22-14-5-9(28)1-3-12(14)19-20(13-4-2-10(29)6-15(13)23)27-21(26-19)18-16(24)7-11(30)8-17(18)25/h1-8,28-30H,(H,26,27). The van der Waals surface area contributed by atoms with Crippen LogP contribution in [0, 0.1) is 0 Å². The van der Waals surface area contributed by atoms with Gasteiger partial charge >= 0.3 is 0 Å². The van der Waals surface area contributed by atoms with E-state index in [-0.39, 0.29) is 37.3 Å². The van der Waals surface area contributed by atoms with E-state index >= 15 is 0 Å². The molecule has 4 aromatic rings. The quantitative estimate of drug-likeness (QED) is 0.250. The first-order valence-corrected chi connectivity index (χ1v) is 10.0. The minimum absolute atomic E-state index is 0.00773. The van der Waals surface area contributed by atoms with Crippen LogP contribution < -0.4 is 0 Å². The molecule has 3 aromatic carbocycles. The summed E-state index contributed by atoms with van der Waals surface area (Å²) in [5.41, 5.74) is 2.40. The molecule has 1 aromatic heterocycles. The van der Waals surface area contributed by atoms with Crippen LogP contribution in [0.15, 0.2) is 48.5 Å². The lowest BCUT2D eigenvalue weighted by atomic mass is 10.0. The number of phenolic OH excluding ortho intramolecular Hbond substituents is 3. The van der Waals surface area contributed by atoms with Crippen LogP contribution in [0.2, 0.25) is 20.1 Å². The molecule has 30 heavy (non-hydrogen) atoms. The van der Waals surface area contributed by atoms with Crippen LogP contribution in [-0.2, 0) is 0 Å². The fourth-order valence-electron chi connectivity index (χ4n) is 3.07. The molecule has 5 nitrogen and oxygen atoms in total. The number of aromatic amines is 1. The molecule has 4 N–H and O–H groups in total. The molecular formula is C21H12Cl4N2O3. The van der Waals surface area contributed by atoms with Crippen molar-refractivity contribution in [2.45, 2.75) is 0 Å². The first-order chi connectivity index (χ1) is 14.2. The fourth-order valence-corrected chi connectivity index (χ4v) is 4.26. The smallest absolute Gasteiger partial charge is 0.141 e. The van der Waals surface area contributed by atoms with Gasteiger partial charge in [-0.15, -0.1) is 0 Å². The zero-order valence-electron chi connectivity index (χ0n) is 14.9. The molecular weight excluding hydrogens is 470 g/mol. The highest BCUT2D eigenvalue weighted by atomic mass is 35.5. The Morgan fingerprint density at radius 2 is 1.13 bits per heavy atom. The SMILES string of the molecule is Oc1ccc(-c2nc(-c3c(Cl)cc(O)cc3Cl)[nH]c2-c2ccc(O)cc2Cl)c(Cl)c1. The monoisotopic (exact) mass is 480 g/mol. The molecule has 0 saturated heterocycles. The van der Waals surface area contributed by atoms with Crippen LogP contribution >= 0.6 is 46.4 Å². The first kappa shape index (κ1) is 20.7. The second-order valence-electron chi connectivity index (χ2n) is 6.42. The highest BCUT2D eigenvalue weighted by Gasteiger charge is 2.22. The molecule has 4 rings (SSSR count). The molecule has 0 unspecified atom stereocenters. The largest absolute Gasteiger partial charge is 0.508 e. The van der Waals surface area contributed by atoms with Gasteiger partial charge in [-0.1, -0.05) is 46.4 Å². The molecule has 0 spiro atoms. The van der Waals surface area contributed by atoms with Gasteiger partial charge in [0.15, 0.2) is 0 Å². The Balaban J connectivity index is 2.01. The van der Waals surface area contributed by atoms with Gasteiger partial charge in [0.2, 0.25) is 0 Å². The minimum atomic E-state index is -0.0797. The van der Waals surface area contributed by atoms with Gasteiger partial charge in [0.1, 0.15) is 23.1 Å². The predicted molar refractivity (Wildman–Crippen MR) is 120 cm³/mol. The number of hydrogen-bond donors (Lipinski definition) is 4. The van der Waals surface area contributed by atoms with Gasteiger partial charge in [-0.25, -0.2) is 4.98 Å². The minimum Gasteiger partial charge on any atom is -0.508 e. The number of rotatable bonds is 3. The van der Waals surface area contributed by atoms with E-state index in [1.807, 2.05) is 0 Å². The summed E-state index contributed by atoms with van der Waals surface area (Å²) in [5.74, 6) is 0.262. The molecule has 0 aliphatic rings. The van der Waals surface area contributed by atoms with E-state index in [4.69, 9.17) is 46.4 Å². The number of imidazole rings is 1. The van der Waals surface area contributed by atoms with E-state index in [0.717, 1.165) is 0 Å². The predicted octanol–water partition coefficient (Wildman–Crippen LogP) is 7.14. The lowest BCUT2D eigenvalue weighted by Gasteiger charge is -2.07. The number of hydrogen-bond acceptors (Lipinski definition) is 4. The Labute approximate surface area is 191 Å². The molecule has 152 valence electrons. The molecule has 0 aliphatic heterocycles. The number of aromatic nitrogens is 2. The molecule has 9 heteroatoms. The molecule has 0 saturated carbocycles. The van der Waals surface area contributed by atoms with Gasteiger partial charge in [-0.3, -0.25) is 0 Å². The lowest BCUT2D eigenvalue weighted by Crippen LogP contribution is -1.86. The average Bonchev–Trinajstić information content (AvgIpc) is 3.05. The van der Waals surface area contributed by atoms with Crippen LogP contribution in [0.1, 0.15) is 0 Å². The van der Waals surface area contributed by atoms with E-state index < -0.39 is 0 Å². The van der Waals surface area contributed by atoms with Crippen molar-refractivity contribution < 1.29 is 15.3 Å². The third kappa shape index (κ3) is 3.77. The van der Waals surface area contributed by atoms with E-state index in [1.165, 1.54) is 36.4 Å².